The SMILES string of the molecule is C=C(c1cc(OC)c(OC)c(OC)c1)c1ccc(O)c(-c2cccc(N=O)c2)c1. The number of rotatable bonds is 7. The smallest absolute Gasteiger partial charge is 0.203 e. The van der Waals surface area contributed by atoms with Crippen LogP contribution in [0.25, 0.3) is 16.7 Å². The number of methoxy groups -OCH3 is 3. The fourth-order valence-electron chi connectivity index (χ4n) is 3.11. The number of benzene rings is 3. The summed E-state index contributed by atoms with van der Waals surface area (Å²) in [5.41, 5.74) is 3.81. The summed E-state index contributed by atoms with van der Waals surface area (Å²) in [6.07, 6.45) is 0. The molecule has 0 radical (unpaired) electrons. The molecular weight excluding hydrogens is 370 g/mol. The number of phenolic OH excluding ortho intramolecular Hbond substituents is 1. The minimum absolute atomic E-state index is 0.0921. The molecule has 0 aliphatic carbocycles. The summed E-state index contributed by atoms with van der Waals surface area (Å²) in [4.78, 5) is 10.8. The molecule has 0 amide bonds. The summed E-state index contributed by atoms with van der Waals surface area (Å²) in [6.45, 7) is 4.20. The van der Waals surface area contributed by atoms with E-state index in [0.717, 1.165) is 11.1 Å². The molecule has 148 valence electrons. The molecule has 6 nitrogen and oxygen atoms in total. The normalized spacial score (nSPS) is 10.3. The van der Waals surface area contributed by atoms with Crippen LogP contribution in [0.15, 0.2) is 66.4 Å². The Hall–Kier alpha value is -3.80. The molecular formula is C23H21NO5. The first-order chi connectivity index (χ1) is 14.0. The molecule has 0 aliphatic heterocycles. The maximum atomic E-state index is 10.8. The van der Waals surface area contributed by atoms with Crippen LogP contribution in [0.5, 0.6) is 23.0 Å². The number of nitroso groups, excluding NO2 is 1. The number of aromatic hydroxyl groups is 1. The Kier molecular flexibility index (Phi) is 5.83. The van der Waals surface area contributed by atoms with Crippen LogP contribution in [0.2, 0.25) is 0 Å². The van der Waals surface area contributed by atoms with Crippen LogP contribution in [0, 0.1) is 4.91 Å². The Balaban J connectivity index is 2.08. The molecule has 3 rings (SSSR count). The van der Waals surface area contributed by atoms with Crippen molar-refractivity contribution in [2.24, 2.45) is 5.18 Å². The quantitative estimate of drug-likeness (QED) is 0.535. The van der Waals surface area contributed by atoms with Gasteiger partial charge in [0.2, 0.25) is 5.75 Å². The van der Waals surface area contributed by atoms with Gasteiger partial charge < -0.3 is 19.3 Å². The van der Waals surface area contributed by atoms with Crippen molar-refractivity contribution in [2.45, 2.75) is 0 Å². The Morgan fingerprint density at radius 1 is 0.897 bits per heavy atom. The molecule has 0 heterocycles. The summed E-state index contributed by atoms with van der Waals surface area (Å²) in [5, 5.41) is 13.3. The van der Waals surface area contributed by atoms with Crippen LogP contribution in [0.3, 0.4) is 0 Å². The van der Waals surface area contributed by atoms with Gasteiger partial charge in [-0.25, -0.2) is 0 Å². The first-order valence-electron chi connectivity index (χ1n) is 8.78. The molecule has 0 atom stereocenters. The van der Waals surface area contributed by atoms with Gasteiger partial charge in [0, 0.05) is 5.56 Å². The third-order valence-corrected chi connectivity index (χ3v) is 4.62. The first-order valence-corrected chi connectivity index (χ1v) is 8.78. The van der Waals surface area contributed by atoms with E-state index in [-0.39, 0.29) is 11.4 Å². The lowest BCUT2D eigenvalue weighted by Gasteiger charge is -2.16. The molecule has 3 aromatic carbocycles. The number of phenols is 1. The van der Waals surface area contributed by atoms with Crippen LogP contribution >= 0.6 is 0 Å². The minimum Gasteiger partial charge on any atom is -0.507 e. The lowest BCUT2D eigenvalue weighted by atomic mass is 9.94. The third-order valence-electron chi connectivity index (χ3n) is 4.62. The van der Waals surface area contributed by atoms with Crippen molar-refractivity contribution in [1.82, 2.24) is 0 Å². The van der Waals surface area contributed by atoms with E-state index >= 15 is 0 Å². The van der Waals surface area contributed by atoms with Crippen molar-refractivity contribution >= 4 is 11.3 Å². The second-order valence-electron chi connectivity index (χ2n) is 6.27. The van der Waals surface area contributed by atoms with E-state index in [2.05, 4.69) is 11.8 Å². The maximum Gasteiger partial charge on any atom is 0.203 e. The predicted octanol–water partition coefficient (Wildman–Crippen LogP) is 5.54. The summed E-state index contributed by atoms with van der Waals surface area (Å²) in [5.74, 6) is 1.63. The Morgan fingerprint density at radius 2 is 1.59 bits per heavy atom. The van der Waals surface area contributed by atoms with E-state index < -0.39 is 0 Å². The zero-order valence-electron chi connectivity index (χ0n) is 16.4. The monoisotopic (exact) mass is 391 g/mol. The largest absolute Gasteiger partial charge is 0.507 e. The van der Waals surface area contributed by atoms with Gasteiger partial charge in [0.05, 0.1) is 21.3 Å². The van der Waals surface area contributed by atoms with Crippen molar-refractivity contribution in [1.29, 1.82) is 0 Å². The fraction of sp³-hybridized carbons (Fsp3) is 0.130. The molecule has 0 bridgehead atoms. The average molecular weight is 391 g/mol. The van der Waals surface area contributed by atoms with E-state index in [9.17, 15) is 10.0 Å². The molecule has 0 spiro atoms. The van der Waals surface area contributed by atoms with Crippen LogP contribution in [-0.4, -0.2) is 26.4 Å². The highest BCUT2D eigenvalue weighted by atomic mass is 16.5. The number of hydrogen-bond donors (Lipinski definition) is 1. The average Bonchev–Trinajstić information content (AvgIpc) is 2.77. The molecule has 0 aliphatic rings. The highest BCUT2D eigenvalue weighted by Gasteiger charge is 2.16. The van der Waals surface area contributed by atoms with Crippen molar-refractivity contribution in [3.63, 3.8) is 0 Å². The van der Waals surface area contributed by atoms with Crippen LogP contribution < -0.4 is 14.2 Å². The van der Waals surface area contributed by atoms with E-state index in [0.29, 0.717) is 33.9 Å². The zero-order chi connectivity index (χ0) is 21.0. The van der Waals surface area contributed by atoms with Gasteiger partial charge in [0.25, 0.3) is 0 Å². The van der Waals surface area contributed by atoms with Gasteiger partial charge in [0.15, 0.2) is 11.5 Å². The van der Waals surface area contributed by atoms with E-state index in [1.165, 1.54) is 0 Å². The lowest BCUT2D eigenvalue weighted by molar-refractivity contribution is 0.324. The predicted molar refractivity (Wildman–Crippen MR) is 113 cm³/mol. The minimum atomic E-state index is 0.0921. The zero-order valence-corrected chi connectivity index (χ0v) is 16.4. The molecule has 6 heteroatoms. The van der Waals surface area contributed by atoms with E-state index in [4.69, 9.17) is 14.2 Å². The summed E-state index contributed by atoms with van der Waals surface area (Å²) in [6, 6.07) is 15.5. The summed E-state index contributed by atoms with van der Waals surface area (Å²) >= 11 is 0. The second kappa shape index (κ2) is 8.48. The van der Waals surface area contributed by atoms with Gasteiger partial charge in [-0.3, -0.25) is 0 Å². The Labute approximate surface area is 169 Å². The van der Waals surface area contributed by atoms with E-state index in [1.807, 2.05) is 18.2 Å². The highest BCUT2D eigenvalue weighted by molar-refractivity contribution is 5.84. The maximum absolute atomic E-state index is 10.8. The number of nitrogens with zero attached hydrogens (tertiary/aromatic N) is 1. The van der Waals surface area contributed by atoms with Crippen molar-refractivity contribution in [3.05, 3.63) is 77.2 Å². The molecule has 0 aromatic heterocycles. The molecule has 0 fully saturated rings. The number of ether oxygens (including phenoxy) is 3. The van der Waals surface area contributed by atoms with Crippen molar-refractivity contribution < 1.29 is 19.3 Å². The molecule has 1 N–H and O–H groups in total. The summed E-state index contributed by atoms with van der Waals surface area (Å²) < 4.78 is 16.2. The van der Waals surface area contributed by atoms with Gasteiger partial charge in [-0.1, -0.05) is 24.8 Å². The van der Waals surface area contributed by atoms with E-state index in [1.54, 1.807) is 57.7 Å². The van der Waals surface area contributed by atoms with Crippen LogP contribution in [0.4, 0.5) is 5.69 Å². The van der Waals surface area contributed by atoms with Gasteiger partial charge >= 0.3 is 0 Å². The molecule has 29 heavy (non-hydrogen) atoms. The molecule has 3 aromatic rings. The third kappa shape index (κ3) is 3.91. The Bertz CT molecular complexity index is 1050. The lowest BCUT2D eigenvalue weighted by Crippen LogP contribution is -1.97. The first kappa shape index (κ1) is 19.9. The van der Waals surface area contributed by atoms with Crippen LogP contribution in [-0.2, 0) is 0 Å². The summed E-state index contributed by atoms with van der Waals surface area (Å²) in [7, 11) is 4.65. The van der Waals surface area contributed by atoms with Crippen molar-refractivity contribution in [3.8, 4) is 34.1 Å². The Morgan fingerprint density at radius 3 is 2.17 bits per heavy atom. The van der Waals surface area contributed by atoms with Crippen molar-refractivity contribution in [2.75, 3.05) is 21.3 Å². The fourth-order valence-corrected chi connectivity index (χ4v) is 3.11. The molecule has 0 saturated carbocycles. The van der Waals surface area contributed by atoms with Gasteiger partial charge in [-0.05, 0) is 63.8 Å². The molecule has 0 saturated heterocycles. The van der Waals surface area contributed by atoms with Gasteiger partial charge in [0.1, 0.15) is 11.4 Å². The standard InChI is InChI=1S/C23H21NO5/c1-14(17-12-21(27-2)23(29-4)22(13-17)28-3)15-8-9-20(25)19(11-15)16-6-5-7-18(10-16)24-26/h5-13,25H,1H2,2-4H3. The highest BCUT2D eigenvalue weighted by Crippen LogP contribution is 2.41. The second-order valence-corrected chi connectivity index (χ2v) is 6.27. The van der Waals surface area contributed by atoms with Gasteiger partial charge in [-0.15, -0.1) is 4.91 Å². The van der Waals surface area contributed by atoms with Gasteiger partial charge in [-0.2, -0.15) is 0 Å². The molecule has 0 unspecified atom stereocenters. The van der Waals surface area contributed by atoms with Crippen LogP contribution in [0.1, 0.15) is 11.1 Å². The topological polar surface area (TPSA) is 77.3 Å². The number of hydrogen-bond acceptors (Lipinski definition) is 6.